The van der Waals surface area contributed by atoms with Crippen molar-refractivity contribution in [2.75, 3.05) is 12.4 Å². The molecule has 0 saturated heterocycles. The van der Waals surface area contributed by atoms with E-state index in [1.165, 1.54) is 22.4 Å². The van der Waals surface area contributed by atoms with Crippen LogP contribution in [0.5, 0.6) is 5.75 Å². The normalized spacial score (nSPS) is 19.3. The van der Waals surface area contributed by atoms with E-state index in [-0.39, 0.29) is 4.87 Å². The van der Waals surface area contributed by atoms with E-state index in [9.17, 15) is 0 Å². The Morgan fingerprint density at radius 3 is 2.65 bits per heavy atom. The van der Waals surface area contributed by atoms with Gasteiger partial charge in [0, 0.05) is 17.9 Å². The maximum Gasteiger partial charge on any atom is 0.119 e. The fraction of sp³-hybridized carbons (Fsp3) is 0.300. The van der Waals surface area contributed by atoms with Gasteiger partial charge in [-0.3, -0.25) is 0 Å². The molecule has 0 fully saturated rings. The molecule has 0 radical (unpaired) electrons. The Balaban J connectivity index is 1.70. The first-order valence-electron chi connectivity index (χ1n) is 7.90. The van der Waals surface area contributed by atoms with Crippen LogP contribution in [0.3, 0.4) is 0 Å². The van der Waals surface area contributed by atoms with Crippen LogP contribution in [0.4, 0.5) is 5.69 Å². The van der Waals surface area contributed by atoms with Gasteiger partial charge in [-0.2, -0.15) is 0 Å². The quantitative estimate of drug-likeness (QED) is 0.574. The SMILES string of the molecule is COc1cccc(CSC2(Nc3ccc(C)cc3C)C=CC2)c1. The number of hydrogen-bond donors (Lipinski definition) is 1. The van der Waals surface area contributed by atoms with Crippen molar-refractivity contribution in [3.05, 3.63) is 71.3 Å². The second kappa shape index (κ2) is 6.71. The summed E-state index contributed by atoms with van der Waals surface area (Å²) in [6, 6.07) is 14.9. The highest BCUT2D eigenvalue weighted by atomic mass is 32.2. The van der Waals surface area contributed by atoms with E-state index in [2.05, 4.69) is 67.7 Å². The third-order valence-electron chi connectivity index (χ3n) is 4.17. The molecule has 1 aliphatic rings. The van der Waals surface area contributed by atoms with Crippen LogP contribution in [0.2, 0.25) is 0 Å². The molecule has 0 aliphatic heterocycles. The van der Waals surface area contributed by atoms with Crippen LogP contribution in [-0.2, 0) is 5.75 Å². The van der Waals surface area contributed by atoms with Gasteiger partial charge in [0.1, 0.15) is 10.6 Å². The van der Waals surface area contributed by atoms with Crippen LogP contribution in [0, 0.1) is 13.8 Å². The molecule has 120 valence electrons. The highest BCUT2D eigenvalue weighted by Gasteiger charge is 2.32. The van der Waals surface area contributed by atoms with Gasteiger partial charge in [-0.15, -0.1) is 11.8 Å². The van der Waals surface area contributed by atoms with Crippen LogP contribution in [0.25, 0.3) is 0 Å². The highest BCUT2D eigenvalue weighted by Crippen LogP contribution is 2.41. The Kier molecular flexibility index (Phi) is 4.67. The van der Waals surface area contributed by atoms with E-state index in [0.29, 0.717) is 0 Å². The molecule has 0 heterocycles. The molecular formula is C20H23NOS. The van der Waals surface area contributed by atoms with Crippen molar-refractivity contribution in [3.8, 4) is 5.75 Å². The summed E-state index contributed by atoms with van der Waals surface area (Å²) in [6.45, 7) is 4.30. The average Bonchev–Trinajstić information content (AvgIpc) is 2.52. The zero-order chi connectivity index (χ0) is 16.3. The minimum atomic E-state index is 0.00307. The number of methoxy groups -OCH3 is 1. The van der Waals surface area contributed by atoms with Crippen molar-refractivity contribution >= 4 is 17.4 Å². The molecule has 0 saturated carbocycles. The molecular weight excluding hydrogens is 302 g/mol. The van der Waals surface area contributed by atoms with E-state index >= 15 is 0 Å². The van der Waals surface area contributed by atoms with E-state index in [1.807, 2.05) is 17.8 Å². The monoisotopic (exact) mass is 325 g/mol. The Hall–Kier alpha value is -1.87. The number of anilines is 1. The smallest absolute Gasteiger partial charge is 0.119 e. The third kappa shape index (κ3) is 3.73. The molecule has 0 spiro atoms. The summed E-state index contributed by atoms with van der Waals surface area (Å²) in [6.07, 6.45) is 5.56. The van der Waals surface area contributed by atoms with Crippen LogP contribution in [-0.4, -0.2) is 12.0 Å². The topological polar surface area (TPSA) is 21.3 Å². The molecule has 0 aromatic heterocycles. The average molecular weight is 325 g/mol. The summed E-state index contributed by atoms with van der Waals surface area (Å²) in [5.74, 6) is 1.88. The maximum absolute atomic E-state index is 5.31. The molecule has 2 aromatic carbocycles. The molecule has 2 aromatic rings. The zero-order valence-electron chi connectivity index (χ0n) is 13.9. The third-order valence-corrected chi connectivity index (χ3v) is 5.56. The number of rotatable bonds is 6. The number of nitrogens with one attached hydrogen (secondary N) is 1. The fourth-order valence-corrected chi connectivity index (χ4v) is 3.92. The van der Waals surface area contributed by atoms with E-state index in [0.717, 1.165) is 17.9 Å². The number of ether oxygens (including phenoxy) is 1. The summed E-state index contributed by atoms with van der Waals surface area (Å²) in [4.78, 5) is 0.00307. The molecule has 1 unspecified atom stereocenters. The van der Waals surface area contributed by atoms with Gasteiger partial charge in [0.2, 0.25) is 0 Å². The second-order valence-electron chi connectivity index (χ2n) is 6.08. The van der Waals surface area contributed by atoms with Crippen molar-refractivity contribution in [2.24, 2.45) is 0 Å². The van der Waals surface area contributed by atoms with Crippen LogP contribution in [0.1, 0.15) is 23.1 Å². The summed E-state index contributed by atoms with van der Waals surface area (Å²) < 4.78 is 5.31. The fourth-order valence-electron chi connectivity index (χ4n) is 2.72. The minimum Gasteiger partial charge on any atom is -0.497 e. The lowest BCUT2D eigenvalue weighted by Gasteiger charge is -2.37. The van der Waals surface area contributed by atoms with Crippen molar-refractivity contribution in [3.63, 3.8) is 0 Å². The number of aryl methyl sites for hydroxylation is 2. The highest BCUT2D eigenvalue weighted by molar-refractivity contribution is 8.00. The van der Waals surface area contributed by atoms with Crippen LogP contribution >= 0.6 is 11.8 Å². The molecule has 2 nitrogen and oxygen atoms in total. The van der Waals surface area contributed by atoms with E-state index < -0.39 is 0 Å². The Morgan fingerprint density at radius 2 is 2.00 bits per heavy atom. The zero-order valence-corrected chi connectivity index (χ0v) is 14.7. The standard InChI is InChI=1S/C20H23NOS/c1-15-8-9-19(16(2)12-15)21-20(10-5-11-20)23-14-17-6-4-7-18(13-17)22-3/h4-10,12-13,21H,11,14H2,1-3H3. The van der Waals surface area contributed by atoms with Gasteiger partial charge in [0.25, 0.3) is 0 Å². The summed E-state index contributed by atoms with van der Waals surface area (Å²) >= 11 is 1.94. The first-order valence-corrected chi connectivity index (χ1v) is 8.89. The van der Waals surface area contributed by atoms with Crippen LogP contribution in [0.15, 0.2) is 54.6 Å². The lowest BCUT2D eigenvalue weighted by Crippen LogP contribution is -2.37. The molecule has 1 atom stereocenters. The lowest BCUT2D eigenvalue weighted by molar-refractivity contribution is 0.414. The van der Waals surface area contributed by atoms with E-state index in [4.69, 9.17) is 4.74 Å². The second-order valence-corrected chi connectivity index (χ2v) is 7.39. The van der Waals surface area contributed by atoms with Gasteiger partial charge in [0.15, 0.2) is 0 Å². The Bertz CT molecular complexity index is 725. The minimum absolute atomic E-state index is 0.00307. The summed E-state index contributed by atoms with van der Waals surface area (Å²) in [5.41, 5.74) is 5.11. The first kappa shape index (κ1) is 16.0. The molecule has 0 amide bonds. The van der Waals surface area contributed by atoms with E-state index in [1.54, 1.807) is 7.11 Å². The van der Waals surface area contributed by atoms with Crippen LogP contribution < -0.4 is 10.1 Å². The Labute approximate surface area is 142 Å². The molecule has 0 bridgehead atoms. The van der Waals surface area contributed by atoms with Gasteiger partial charge in [0.05, 0.1) is 7.11 Å². The summed E-state index contributed by atoms with van der Waals surface area (Å²) in [5, 5.41) is 3.73. The van der Waals surface area contributed by atoms with Gasteiger partial charge in [-0.25, -0.2) is 0 Å². The largest absolute Gasteiger partial charge is 0.497 e. The molecule has 3 heteroatoms. The number of hydrogen-bond acceptors (Lipinski definition) is 3. The first-order chi connectivity index (χ1) is 11.1. The predicted molar refractivity (Wildman–Crippen MR) is 100 cm³/mol. The van der Waals surface area contributed by atoms with Crippen molar-refractivity contribution < 1.29 is 4.74 Å². The predicted octanol–water partition coefficient (Wildman–Crippen LogP) is 5.31. The van der Waals surface area contributed by atoms with Crippen molar-refractivity contribution in [2.45, 2.75) is 30.9 Å². The van der Waals surface area contributed by atoms with Gasteiger partial charge in [-0.1, -0.05) is 42.0 Å². The van der Waals surface area contributed by atoms with Crippen molar-refractivity contribution in [1.82, 2.24) is 0 Å². The molecule has 23 heavy (non-hydrogen) atoms. The number of benzene rings is 2. The van der Waals surface area contributed by atoms with Gasteiger partial charge >= 0.3 is 0 Å². The van der Waals surface area contributed by atoms with Gasteiger partial charge in [-0.05, 0) is 43.2 Å². The van der Waals surface area contributed by atoms with Crippen molar-refractivity contribution in [1.29, 1.82) is 0 Å². The molecule has 1 N–H and O–H groups in total. The Morgan fingerprint density at radius 1 is 1.17 bits per heavy atom. The number of thioether (sulfide) groups is 1. The molecule has 1 aliphatic carbocycles. The maximum atomic E-state index is 5.31. The van der Waals surface area contributed by atoms with Gasteiger partial charge < -0.3 is 10.1 Å². The molecule has 3 rings (SSSR count). The summed E-state index contributed by atoms with van der Waals surface area (Å²) in [7, 11) is 1.71. The lowest BCUT2D eigenvalue weighted by atomic mass is 10.0.